The Morgan fingerprint density at radius 2 is 1.74 bits per heavy atom. The van der Waals surface area contributed by atoms with E-state index in [-0.39, 0.29) is 28.6 Å². The zero-order valence-corrected chi connectivity index (χ0v) is 15.7. The quantitative estimate of drug-likeness (QED) is 0.742. The fraction of sp³-hybridized carbons (Fsp3) is 0.235. The minimum Gasteiger partial charge on any atom is -0.325 e. The Bertz CT molecular complexity index is 929. The molecule has 0 aromatic heterocycles. The number of halogens is 4. The van der Waals surface area contributed by atoms with Crippen molar-refractivity contribution in [1.29, 1.82) is 0 Å². The number of rotatable bonds is 6. The van der Waals surface area contributed by atoms with E-state index in [2.05, 4.69) is 10.0 Å². The molecule has 0 aliphatic heterocycles. The number of sulfonamides is 1. The normalized spacial score (nSPS) is 12.0. The van der Waals surface area contributed by atoms with E-state index in [9.17, 15) is 26.4 Å². The van der Waals surface area contributed by atoms with Crippen molar-refractivity contribution < 1.29 is 26.4 Å². The Balaban J connectivity index is 1.96. The van der Waals surface area contributed by atoms with Crippen LogP contribution in [0.4, 0.5) is 18.9 Å². The van der Waals surface area contributed by atoms with Gasteiger partial charge in [0.1, 0.15) is 0 Å². The van der Waals surface area contributed by atoms with Gasteiger partial charge in [-0.15, -0.1) is 0 Å². The third-order valence-corrected chi connectivity index (χ3v) is 5.35. The molecule has 0 aliphatic rings. The van der Waals surface area contributed by atoms with Gasteiger partial charge in [-0.2, -0.15) is 13.2 Å². The maximum Gasteiger partial charge on any atom is 0.416 e. The minimum atomic E-state index is -4.58. The zero-order chi connectivity index (χ0) is 20.2. The fourth-order valence-electron chi connectivity index (χ4n) is 2.11. The van der Waals surface area contributed by atoms with Crippen LogP contribution >= 0.6 is 11.6 Å². The summed E-state index contributed by atoms with van der Waals surface area (Å²) in [5.74, 6) is -0.678. The molecule has 0 atom stereocenters. The monoisotopic (exact) mass is 420 g/mol. The van der Waals surface area contributed by atoms with Crippen molar-refractivity contribution in [3.05, 3.63) is 58.6 Å². The lowest BCUT2D eigenvalue weighted by Crippen LogP contribution is -2.28. The molecule has 2 aromatic carbocycles. The molecule has 0 spiro atoms. The lowest BCUT2D eigenvalue weighted by atomic mass is 10.2. The first-order chi connectivity index (χ1) is 12.5. The van der Waals surface area contributed by atoms with E-state index in [1.807, 2.05) is 6.92 Å². The predicted octanol–water partition coefficient (Wildman–Crippen LogP) is 3.97. The molecule has 2 N–H and O–H groups in total. The average molecular weight is 421 g/mol. The Labute approximate surface area is 159 Å². The van der Waals surface area contributed by atoms with Gasteiger partial charge < -0.3 is 5.32 Å². The molecule has 10 heteroatoms. The lowest BCUT2D eigenvalue weighted by molar-refractivity contribution is -0.137. The van der Waals surface area contributed by atoms with E-state index < -0.39 is 27.7 Å². The second kappa shape index (κ2) is 8.28. The van der Waals surface area contributed by atoms with Crippen LogP contribution in [-0.2, 0) is 21.0 Å². The van der Waals surface area contributed by atoms with E-state index in [1.165, 1.54) is 12.1 Å². The van der Waals surface area contributed by atoms with Crippen LogP contribution in [0.5, 0.6) is 0 Å². The van der Waals surface area contributed by atoms with Crippen molar-refractivity contribution in [3.8, 4) is 0 Å². The number of amides is 1. The van der Waals surface area contributed by atoms with E-state index in [0.29, 0.717) is 0 Å². The van der Waals surface area contributed by atoms with E-state index >= 15 is 0 Å². The van der Waals surface area contributed by atoms with Gasteiger partial charge in [-0.1, -0.05) is 29.3 Å². The van der Waals surface area contributed by atoms with Gasteiger partial charge in [-0.05, 0) is 37.3 Å². The lowest BCUT2D eigenvalue weighted by Gasteiger charge is -2.12. The van der Waals surface area contributed by atoms with E-state index in [1.54, 1.807) is 12.1 Å². The summed E-state index contributed by atoms with van der Waals surface area (Å²) in [7, 11) is -3.78. The number of anilines is 1. The number of hydrogen-bond donors (Lipinski definition) is 2. The van der Waals surface area contributed by atoms with Crippen molar-refractivity contribution >= 4 is 33.2 Å². The molecule has 0 bridgehead atoms. The van der Waals surface area contributed by atoms with Gasteiger partial charge in [0.15, 0.2) is 0 Å². The molecule has 2 rings (SSSR count). The third-order valence-electron chi connectivity index (χ3n) is 3.54. The fourth-order valence-corrected chi connectivity index (χ4v) is 3.31. The second-order valence-corrected chi connectivity index (χ2v) is 7.88. The van der Waals surface area contributed by atoms with Crippen molar-refractivity contribution in [3.63, 3.8) is 0 Å². The summed E-state index contributed by atoms with van der Waals surface area (Å²) in [4.78, 5) is 12.0. The first-order valence-corrected chi connectivity index (χ1v) is 9.58. The number of carbonyl (C=O) groups is 1. The standard InChI is InChI=1S/C17H16ClF3N2O3S/c1-11-2-5-13(6-3-11)27(25,26)22-9-8-16(24)23-15-10-12(17(19,20)21)4-7-14(15)18/h2-7,10,22H,8-9H2,1H3,(H,23,24). The topological polar surface area (TPSA) is 75.3 Å². The molecular weight excluding hydrogens is 405 g/mol. The predicted molar refractivity (Wildman–Crippen MR) is 96.1 cm³/mol. The summed E-state index contributed by atoms with van der Waals surface area (Å²) in [6, 6.07) is 8.68. The highest BCUT2D eigenvalue weighted by molar-refractivity contribution is 7.89. The van der Waals surface area contributed by atoms with Gasteiger partial charge in [0.25, 0.3) is 0 Å². The summed E-state index contributed by atoms with van der Waals surface area (Å²) in [6.07, 6.45) is -4.86. The van der Waals surface area contributed by atoms with E-state index in [0.717, 1.165) is 23.8 Å². The van der Waals surface area contributed by atoms with Crippen molar-refractivity contribution in [2.45, 2.75) is 24.4 Å². The molecule has 0 heterocycles. The first-order valence-electron chi connectivity index (χ1n) is 7.72. The molecule has 5 nitrogen and oxygen atoms in total. The average Bonchev–Trinajstić information content (AvgIpc) is 2.56. The Morgan fingerprint density at radius 1 is 1.11 bits per heavy atom. The van der Waals surface area contributed by atoms with E-state index in [4.69, 9.17) is 11.6 Å². The molecule has 0 radical (unpaired) electrons. The Kier molecular flexibility index (Phi) is 6.50. The first kappa shape index (κ1) is 21.2. The van der Waals surface area contributed by atoms with Crippen LogP contribution in [0.15, 0.2) is 47.4 Å². The maximum atomic E-state index is 12.7. The van der Waals surface area contributed by atoms with Crippen LogP contribution < -0.4 is 10.0 Å². The number of nitrogens with one attached hydrogen (secondary N) is 2. The van der Waals surface area contributed by atoms with Crippen molar-refractivity contribution in [2.75, 3.05) is 11.9 Å². The molecule has 2 aromatic rings. The highest BCUT2D eigenvalue weighted by Gasteiger charge is 2.31. The van der Waals surface area contributed by atoms with Crippen LogP contribution in [0, 0.1) is 6.92 Å². The summed E-state index contributed by atoms with van der Waals surface area (Å²) in [6.45, 7) is 1.59. The highest BCUT2D eigenvalue weighted by Crippen LogP contribution is 2.33. The summed E-state index contributed by atoms with van der Waals surface area (Å²) in [5, 5.41) is 2.19. The molecule has 0 aliphatic carbocycles. The molecule has 0 fully saturated rings. The van der Waals surface area contributed by atoms with Gasteiger partial charge in [0.05, 0.1) is 21.2 Å². The molecule has 0 saturated heterocycles. The second-order valence-electron chi connectivity index (χ2n) is 5.70. The number of alkyl halides is 3. The summed E-state index contributed by atoms with van der Waals surface area (Å²) in [5.41, 5.74) is -0.258. The highest BCUT2D eigenvalue weighted by atomic mass is 35.5. The SMILES string of the molecule is Cc1ccc(S(=O)(=O)NCCC(=O)Nc2cc(C(F)(F)F)ccc2Cl)cc1. The van der Waals surface area contributed by atoms with Gasteiger partial charge in [0, 0.05) is 13.0 Å². The minimum absolute atomic E-state index is 0.0504. The maximum absolute atomic E-state index is 12.7. The summed E-state index contributed by atoms with van der Waals surface area (Å²) < 4.78 is 64.6. The number of benzene rings is 2. The Hall–Kier alpha value is -2.10. The largest absolute Gasteiger partial charge is 0.416 e. The van der Waals surface area contributed by atoms with Gasteiger partial charge >= 0.3 is 6.18 Å². The smallest absolute Gasteiger partial charge is 0.325 e. The van der Waals surface area contributed by atoms with Gasteiger partial charge in [-0.3, -0.25) is 4.79 Å². The summed E-state index contributed by atoms with van der Waals surface area (Å²) >= 11 is 5.80. The van der Waals surface area contributed by atoms with Crippen LogP contribution in [0.1, 0.15) is 17.5 Å². The molecular formula is C17H16ClF3N2O3S. The third kappa shape index (κ3) is 5.95. The number of aryl methyl sites for hydroxylation is 1. The number of hydrogen-bond acceptors (Lipinski definition) is 3. The van der Waals surface area contributed by atoms with Gasteiger partial charge in [0.2, 0.25) is 15.9 Å². The molecule has 1 amide bonds. The molecule has 0 saturated carbocycles. The molecule has 27 heavy (non-hydrogen) atoms. The molecule has 146 valence electrons. The van der Waals surface area contributed by atoms with Crippen LogP contribution in [0.25, 0.3) is 0 Å². The van der Waals surface area contributed by atoms with Crippen molar-refractivity contribution in [1.82, 2.24) is 4.72 Å². The zero-order valence-electron chi connectivity index (χ0n) is 14.1. The van der Waals surface area contributed by atoms with Crippen LogP contribution in [0.2, 0.25) is 5.02 Å². The van der Waals surface area contributed by atoms with Crippen molar-refractivity contribution in [2.24, 2.45) is 0 Å². The van der Waals surface area contributed by atoms with Gasteiger partial charge in [-0.25, -0.2) is 13.1 Å². The Morgan fingerprint density at radius 3 is 2.33 bits per heavy atom. The van der Waals surface area contributed by atoms with Crippen LogP contribution in [0.3, 0.4) is 0 Å². The van der Waals surface area contributed by atoms with Crippen LogP contribution in [-0.4, -0.2) is 20.9 Å². The number of carbonyl (C=O) groups excluding carboxylic acids is 1. The molecule has 0 unspecified atom stereocenters.